The Kier molecular flexibility index (Phi) is 2.69. The molecule has 0 atom stereocenters. The molecular formula is C7H10ClN3S. The fourth-order valence-corrected chi connectivity index (χ4v) is 1.74. The molecule has 2 rings (SSSR count). The Morgan fingerprint density at radius 3 is 2.75 bits per heavy atom. The maximum Gasteiger partial charge on any atom is 0.158 e. The van der Waals surface area contributed by atoms with E-state index in [1.807, 2.05) is 5.38 Å². The molecular weight excluding hydrogens is 194 g/mol. The van der Waals surface area contributed by atoms with E-state index >= 15 is 0 Å². The summed E-state index contributed by atoms with van der Waals surface area (Å²) in [6.07, 6.45) is 2.50. The molecule has 1 saturated carbocycles. The van der Waals surface area contributed by atoms with Gasteiger partial charge in [-0.3, -0.25) is 5.41 Å². The third kappa shape index (κ3) is 1.76. The summed E-state index contributed by atoms with van der Waals surface area (Å²) in [5, 5.41) is 9.80. The zero-order chi connectivity index (χ0) is 7.84. The maximum atomic E-state index is 7.14. The molecule has 1 heterocycles. The van der Waals surface area contributed by atoms with Gasteiger partial charge in [0.25, 0.3) is 0 Å². The summed E-state index contributed by atoms with van der Waals surface area (Å²) < 4.78 is 0. The second kappa shape index (κ2) is 3.41. The van der Waals surface area contributed by atoms with Gasteiger partial charge in [0.2, 0.25) is 0 Å². The number of rotatable bonds is 2. The lowest BCUT2D eigenvalue weighted by atomic mass is 10.3. The van der Waals surface area contributed by atoms with Gasteiger partial charge < -0.3 is 5.73 Å². The van der Waals surface area contributed by atoms with E-state index in [2.05, 4.69) is 4.98 Å². The molecule has 66 valence electrons. The van der Waals surface area contributed by atoms with Crippen LogP contribution in [0.1, 0.15) is 29.5 Å². The smallest absolute Gasteiger partial charge is 0.158 e. The highest BCUT2D eigenvalue weighted by Gasteiger charge is 2.26. The molecule has 1 aliphatic carbocycles. The predicted molar refractivity (Wildman–Crippen MR) is 52.4 cm³/mol. The third-order valence-electron chi connectivity index (χ3n) is 1.75. The van der Waals surface area contributed by atoms with Crippen LogP contribution in [0.5, 0.6) is 0 Å². The van der Waals surface area contributed by atoms with Crippen LogP contribution < -0.4 is 5.73 Å². The van der Waals surface area contributed by atoms with Gasteiger partial charge in [-0.25, -0.2) is 4.98 Å². The number of nitrogens with zero attached hydrogens (tertiary/aromatic N) is 1. The van der Waals surface area contributed by atoms with Crippen molar-refractivity contribution < 1.29 is 0 Å². The fourth-order valence-electron chi connectivity index (χ4n) is 0.976. The van der Waals surface area contributed by atoms with Gasteiger partial charge in [-0.05, 0) is 12.8 Å². The van der Waals surface area contributed by atoms with Crippen LogP contribution in [0.2, 0.25) is 0 Å². The minimum absolute atomic E-state index is 0. The molecule has 0 unspecified atom stereocenters. The SMILES string of the molecule is Cl.N=C(N)c1nc(C2CC2)cs1. The molecule has 0 bridgehead atoms. The van der Waals surface area contributed by atoms with Crippen molar-refractivity contribution in [3.05, 3.63) is 16.1 Å². The van der Waals surface area contributed by atoms with Crippen LogP contribution in [0.15, 0.2) is 5.38 Å². The molecule has 5 heteroatoms. The van der Waals surface area contributed by atoms with E-state index in [0.717, 1.165) is 5.69 Å². The van der Waals surface area contributed by atoms with Gasteiger partial charge in [0.05, 0.1) is 5.69 Å². The van der Waals surface area contributed by atoms with Crippen LogP contribution in [0.25, 0.3) is 0 Å². The first-order valence-corrected chi connectivity index (χ1v) is 4.45. The average Bonchev–Trinajstić information content (AvgIpc) is 2.68. The van der Waals surface area contributed by atoms with Gasteiger partial charge in [0.15, 0.2) is 10.8 Å². The second-order valence-electron chi connectivity index (χ2n) is 2.77. The Hall–Kier alpha value is -0.610. The number of nitrogen functional groups attached to an aromatic ring is 1. The molecule has 1 aromatic rings. The molecule has 0 aliphatic heterocycles. The number of nitrogens with two attached hydrogens (primary N) is 1. The molecule has 1 aromatic heterocycles. The summed E-state index contributed by atoms with van der Waals surface area (Å²) in [5.74, 6) is 0.751. The Morgan fingerprint density at radius 1 is 1.67 bits per heavy atom. The van der Waals surface area contributed by atoms with Crippen molar-refractivity contribution in [3.8, 4) is 0 Å². The normalized spacial score (nSPS) is 15.3. The number of thiazole rings is 1. The largest absolute Gasteiger partial charge is 0.382 e. The molecule has 0 spiro atoms. The van der Waals surface area contributed by atoms with Gasteiger partial charge in [-0.15, -0.1) is 23.7 Å². The molecule has 12 heavy (non-hydrogen) atoms. The topological polar surface area (TPSA) is 62.8 Å². The summed E-state index contributed by atoms with van der Waals surface area (Å²) in [5.41, 5.74) is 6.40. The monoisotopic (exact) mass is 203 g/mol. The Bertz CT molecular complexity index is 293. The lowest BCUT2D eigenvalue weighted by Gasteiger charge is -1.87. The number of aromatic nitrogens is 1. The first kappa shape index (κ1) is 9.48. The highest BCUT2D eigenvalue weighted by atomic mass is 35.5. The van der Waals surface area contributed by atoms with Crippen molar-refractivity contribution in [2.75, 3.05) is 0 Å². The van der Waals surface area contributed by atoms with Crippen molar-refractivity contribution in [2.24, 2.45) is 5.73 Å². The van der Waals surface area contributed by atoms with Crippen molar-refractivity contribution in [1.29, 1.82) is 5.41 Å². The average molecular weight is 204 g/mol. The molecule has 0 amide bonds. The van der Waals surface area contributed by atoms with E-state index in [-0.39, 0.29) is 18.2 Å². The Balaban J connectivity index is 0.000000720. The van der Waals surface area contributed by atoms with E-state index in [9.17, 15) is 0 Å². The lowest BCUT2D eigenvalue weighted by Crippen LogP contribution is -2.10. The highest BCUT2D eigenvalue weighted by molar-refractivity contribution is 7.11. The van der Waals surface area contributed by atoms with Gasteiger partial charge in [-0.1, -0.05) is 0 Å². The van der Waals surface area contributed by atoms with Crippen molar-refractivity contribution in [1.82, 2.24) is 4.98 Å². The van der Waals surface area contributed by atoms with E-state index in [1.165, 1.54) is 24.2 Å². The summed E-state index contributed by atoms with van der Waals surface area (Å²) in [6, 6.07) is 0. The lowest BCUT2D eigenvalue weighted by molar-refractivity contribution is 1.04. The van der Waals surface area contributed by atoms with Crippen LogP contribution in [0, 0.1) is 5.41 Å². The van der Waals surface area contributed by atoms with E-state index in [4.69, 9.17) is 11.1 Å². The first-order chi connectivity index (χ1) is 5.27. The fraction of sp³-hybridized carbons (Fsp3) is 0.429. The number of halogens is 1. The summed E-state index contributed by atoms with van der Waals surface area (Å²) >= 11 is 1.47. The van der Waals surface area contributed by atoms with Crippen molar-refractivity contribution >= 4 is 29.6 Å². The minimum atomic E-state index is 0. The molecule has 1 fully saturated rings. The summed E-state index contributed by atoms with van der Waals surface area (Å²) in [6.45, 7) is 0. The molecule has 3 N–H and O–H groups in total. The van der Waals surface area contributed by atoms with E-state index in [0.29, 0.717) is 10.9 Å². The Labute approximate surface area is 80.9 Å². The maximum absolute atomic E-state index is 7.14. The quantitative estimate of drug-likeness (QED) is 0.568. The van der Waals surface area contributed by atoms with Crippen LogP contribution in [-0.2, 0) is 0 Å². The molecule has 0 radical (unpaired) electrons. The van der Waals surface area contributed by atoms with E-state index in [1.54, 1.807) is 0 Å². The summed E-state index contributed by atoms with van der Waals surface area (Å²) in [4.78, 5) is 4.24. The Morgan fingerprint density at radius 2 is 2.33 bits per heavy atom. The van der Waals surface area contributed by atoms with Gasteiger partial charge >= 0.3 is 0 Å². The van der Waals surface area contributed by atoms with Gasteiger partial charge in [-0.2, -0.15) is 0 Å². The second-order valence-corrected chi connectivity index (χ2v) is 3.62. The number of hydrogen-bond donors (Lipinski definition) is 2. The third-order valence-corrected chi connectivity index (χ3v) is 2.64. The first-order valence-electron chi connectivity index (χ1n) is 3.57. The summed E-state index contributed by atoms with van der Waals surface area (Å²) in [7, 11) is 0. The van der Waals surface area contributed by atoms with Crippen LogP contribution in [-0.4, -0.2) is 10.8 Å². The zero-order valence-electron chi connectivity index (χ0n) is 6.41. The minimum Gasteiger partial charge on any atom is -0.382 e. The molecule has 0 aromatic carbocycles. The van der Waals surface area contributed by atoms with Crippen molar-refractivity contribution in [2.45, 2.75) is 18.8 Å². The van der Waals surface area contributed by atoms with Gasteiger partial charge in [0, 0.05) is 11.3 Å². The van der Waals surface area contributed by atoms with E-state index < -0.39 is 0 Å². The standard InChI is InChI=1S/C7H9N3S.ClH/c8-6(9)7-10-5(3-11-7)4-1-2-4;/h3-4H,1-2H2,(H3,8,9);1H. The zero-order valence-corrected chi connectivity index (χ0v) is 8.04. The molecule has 3 nitrogen and oxygen atoms in total. The molecule has 1 aliphatic rings. The van der Waals surface area contributed by atoms with Crippen LogP contribution in [0.3, 0.4) is 0 Å². The number of amidine groups is 1. The number of nitrogens with one attached hydrogen (secondary N) is 1. The van der Waals surface area contributed by atoms with Crippen LogP contribution >= 0.6 is 23.7 Å². The number of hydrogen-bond acceptors (Lipinski definition) is 3. The molecule has 0 saturated heterocycles. The van der Waals surface area contributed by atoms with Gasteiger partial charge in [0.1, 0.15) is 0 Å². The predicted octanol–water partition coefficient (Wildman–Crippen LogP) is 1.73. The highest BCUT2D eigenvalue weighted by Crippen LogP contribution is 2.39. The van der Waals surface area contributed by atoms with Crippen molar-refractivity contribution in [3.63, 3.8) is 0 Å². The van der Waals surface area contributed by atoms with Crippen LogP contribution in [0.4, 0.5) is 0 Å².